The number of hydrogen-bond donors (Lipinski definition) is 2. The molecular formula is C10H15N3O2. The van der Waals surface area contributed by atoms with Crippen LogP contribution in [0.4, 0.5) is 0 Å². The molecule has 1 aliphatic carbocycles. The molecular weight excluding hydrogens is 194 g/mol. The molecule has 0 radical (unpaired) electrons. The van der Waals surface area contributed by atoms with E-state index in [1.807, 2.05) is 13.8 Å². The van der Waals surface area contributed by atoms with Crippen LogP contribution in [0.5, 0.6) is 0 Å². The third-order valence-corrected chi connectivity index (χ3v) is 3.28. The first-order chi connectivity index (χ1) is 7.00. The first-order valence-corrected chi connectivity index (χ1v) is 4.78. The maximum atomic E-state index is 8.87. The van der Waals surface area contributed by atoms with Crippen LogP contribution in [0.15, 0.2) is 10.3 Å². The molecule has 5 nitrogen and oxygen atoms in total. The Balaban J connectivity index is 2.88. The van der Waals surface area contributed by atoms with Gasteiger partial charge in [0.15, 0.2) is 0 Å². The smallest absolute Gasteiger partial charge is 0.108 e. The summed E-state index contributed by atoms with van der Waals surface area (Å²) < 4.78 is 0. The summed E-state index contributed by atoms with van der Waals surface area (Å²) >= 11 is 0. The fraction of sp³-hybridized carbons (Fsp3) is 0.700. The van der Waals surface area contributed by atoms with Gasteiger partial charge < -0.3 is 10.4 Å². The third kappa shape index (κ3) is 1.80. The Kier molecular flexibility index (Phi) is 2.98. The van der Waals surface area contributed by atoms with Crippen LogP contribution in [0.3, 0.4) is 0 Å². The summed E-state index contributed by atoms with van der Waals surface area (Å²) in [5.41, 5.74) is 0.613. The molecule has 1 saturated carbocycles. The van der Waals surface area contributed by atoms with Gasteiger partial charge >= 0.3 is 0 Å². The minimum atomic E-state index is -0.0662. The Morgan fingerprint density at radius 3 is 2.40 bits per heavy atom. The van der Waals surface area contributed by atoms with Crippen LogP contribution < -0.4 is 0 Å². The lowest BCUT2D eigenvalue weighted by molar-refractivity contribution is 0.312. The first-order valence-electron chi connectivity index (χ1n) is 4.78. The van der Waals surface area contributed by atoms with E-state index in [0.29, 0.717) is 17.8 Å². The number of oxime groups is 2. The van der Waals surface area contributed by atoms with Gasteiger partial charge in [-0.1, -0.05) is 24.2 Å². The molecule has 0 heterocycles. The van der Waals surface area contributed by atoms with E-state index in [0.717, 1.165) is 0 Å². The van der Waals surface area contributed by atoms with Crippen LogP contribution in [0.25, 0.3) is 0 Å². The maximum absolute atomic E-state index is 8.87. The topological polar surface area (TPSA) is 89.0 Å². The molecule has 0 aromatic heterocycles. The number of rotatable bonds is 3. The van der Waals surface area contributed by atoms with Gasteiger partial charge in [0.05, 0.1) is 6.07 Å². The predicted molar refractivity (Wildman–Crippen MR) is 55.1 cm³/mol. The average Bonchev–Trinajstić information content (AvgIpc) is 2.71. The van der Waals surface area contributed by atoms with E-state index in [9.17, 15) is 0 Å². The summed E-state index contributed by atoms with van der Waals surface area (Å²) in [5.74, 6) is 0.170. The van der Waals surface area contributed by atoms with E-state index >= 15 is 0 Å². The van der Waals surface area contributed by atoms with E-state index in [4.69, 9.17) is 15.7 Å². The van der Waals surface area contributed by atoms with Crippen LogP contribution >= 0.6 is 0 Å². The fourth-order valence-corrected chi connectivity index (χ4v) is 2.18. The Bertz CT molecular complexity index is 352. The normalized spacial score (nSPS) is 29.7. The lowest BCUT2D eigenvalue weighted by Gasteiger charge is -2.03. The molecule has 0 unspecified atom stereocenters. The highest BCUT2D eigenvalue weighted by atomic mass is 16.4. The molecule has 0 amide bonds. The van der Waals surface area contributed by atoms with E-state index in [-0.39, 0.29) is 17.3 Å². The van der Waals surface area contributed by atoms with Crippen LogP contribution in [-0.4, -0.2) is 21.8 Å². The lowest BCUT2D eigenvalue weighted by atomic mass is 10.0. The summed E-state index contributed by atoms with van der Waals surface area (Å²) in [6.45, 7) is 5.60. The Hall–Kier alpha value is -1.57. The van der Waals surface area contributed by atoms with Crippen molar-refractivity contribution in [2.45, 2.75) is 27.2 Å². The molecule has 5 heteroatoms. The van der Waals surface area contributed by atoms with Gasteiger partial charge in [-0.3, -0.25) is 0 Å². The molecule has 0 saturated heterocycles. The van der Waals surface area contributed by atoms with Crippen LogP contribution in [0.1, 0.15) is 27.2 Å². The van der Waals surface area contributed by atoms with Gasteiger partial charge in [-0.2, -0.15) is 5.26 Å². The van der Waals surface area contributed by atoms with Gasteiger partial charge in [-0.25, -0.2) is 0 Å². The second-order valence-electron chi connectivity index (χ2n) is 4.44. The highest BCUT2D eigenvalue weighted by Crippen LogP contribution is 2.60. The third-order valence-electron chi connectivity index (χ3n) is 3.28. The van der Waals surface area contributed by atoms with Crippen molar-refractivity contribution in [3.63, 3.8) is 0 Å². The van der Waals surface area contributed by atoms with Crippen LogP contribution in [0.2, 0.25) is 0 Å². The van der Waals surface area contributed by atoms with Gasteiger partial charge in [0, 0.05) is 12.3 Å². The molecule has 2 N–H and O–H groups in total. The molecule has 15 heavy (non-hydrogen) atoms. The highest BCUT2D eigenvalue weighted by molar-refractivity contribution is 6.42. The van der Waals surface area contributed by atoms with Gasteiger partial charge in [-0.15, -0.1) is 0 Å². The maximum Gasteiger partial charge on any atom is 0.108 e. The van der Waals surface area contributed by atoms with Crippen molar-refractivity contribution in [2.75, 3.05) is 0 Å². The van der Waals surface area contributed by atoms with Gasteiger partial charge in [0.1, 0.15) is 11.4 Å². The molecule has 0 aromatic carbocycles. The van der Waals surface area contributed by atoms with Crippen molar-refractivity contribution in [1.29, 1.82) is 5.26 Å². The van der Waals surface area contributed by atoms with Crippen molar-refractivity contribution in [3.8, 4) is 6.07 Å². The lowest BCUT2D eigenvalue weighted by Crippen LogP contribution is -2.16. The van der Waals surface area contributed by atoms with Gasteiger partial charge in [-0.05, 0) is 18.3 Å². The van der Waals surface area contributed by atoms with Crippen molar-refractivity contribution in [3.05, 3.63) is 0 Å². The molecule has 0 aliphatic heterocycles. The predicted octanol–water partition coefficient (Wildman–Crippen LogP) is 1.85. The molecule has 0 aromatic rings. The minimum Gasteiger partial charge on any atom is -0.411 e. The zero-order chi connectivity index (χ0) is 11.6. The molecule has 2 atom stereocenters. The Labute approximate surface area is 88.7 Å². The van der Waals surface area contributed by atoms with Crippen LogP contribution in [-0.2, 0) is 0 Å². The average molecular weight is 209 g/mol. The molecule has 0 spiro atoms. The van der Waals surface area contributed by atoms with Crippen molar-refractivity contribution >= 4 is 11.4 Å². The second kappa shape index (κ2) is 3.89. The zero-order valence-corrected chi connectivity index (χ0v) is 9.10. The Morgan fingerprint density at radius 2 is 2.00 bits per heavy atom. The zero-order valence-electron chi connectivity index (χ0n) is 9.10. The van der Waals surface area contributed by atoms with E-state index < -0.39 is 0 Å². The van der Waals surface area contributed by atoms with Crippen molar-refractivity contribution < 1.29 is 10.4 Å². The van der Waals surface area contributed by atoms with E-state index in [2.05, 4.69) is 16.4 Å². The molecule has 0 bridgehead atoms. The summed E-state index contributed by atoms with van der Waals surface area (Å²) in [7, 11) is 0. The molecule has 1 rings (SSSR count). The first kappa shape index (κ1) is 11.5. The highest BCUT2D eigenvalue weighted by Gasteiger charge is 2.60. The summed E-state index contributed by atoms with van der Waals surface area (Å²) in [6, 6.07) is 2.11. The quantitative estimate of drug-likeness (QED) is 0.422. The van der Waals surface area contributed by atoms with Crippen molar-refractivity contribution in [1.82, 2.24) is 0 Å². The standard InChI is InChI=1S/C10H15N3O2/c1-6(12-14)9(13-15)8-7(4-5-11)10(8,2)3/h7-8,14-15H,4H2,1-3H3/b12-6-,13-9-/t7-,8-/m1/s1. The van der Waals surface area contributed by atoms with Gasteiger partial charge in [0.2, 0.25) is 0 Å². The fourth-order valence-electron chi connectivity index (χ4n) is 2.18. The monoisotopic (exact) mass is 209 g/mol. The summed E-state index contributed by atoms with van der Waals surface area (Å²) in [5, 5.41) is 32.3. The molecule has 82 valence electrons. The largest absolute Gasteiger partial charge is 0.411 e. The second-order valence-corrected chi connectivity index (χ2v) is 4.44. The van der Waals surface area contributed by atoms with E-state index in [1.165, 1.54) is 0 Å². The number of hydrogen-bond acceptors (Lipinski definition) is 5. The Morgan fingerprint density at radius 1 is 1.40 bits per heavy atom. The minimum absolute atomic E-state index is 0.00181. The van der Waals surface area contributed by atoms with Crippen LogP contribution in [0, 0.1) is 28.6 Å². The number of nitriles is 1. The van der Waals surface area contributed by atoms with E-state index in [1.54, 1.807) is 6.92 Å². The number of nitrogens with zero attached hydrogens (tertiary/aromatic N) is 3. The van der Waals surface area contributed by atoms with Crippen molar-refractivity contribution in [2.24, 2.45) is 27.6 Å². The molecule has 1 fully saturated rings. The summed E-state index contributed by atoms with van der Waals surface area (Å²) in [6.07, 6.45) is 0.426. The van der Waals surface area contributed by atoms with Gasteiger partial charge in [0.25, 0.3) is 0 Å². The molecule has 1 aliphatic rings. The summed E-state index contributed by atoms with van der Waals surface area (Å²) in [4.78, 5) is 0. The SMILES string of the molecule is CC(=N/O)/C(=N/O)[C@H]1[C@@H](CC#N)C1(C)C.